The molecular formula is C17H17NO3. The number of esters is 1. The van der Waals surface area contributed by atoms with Crippen LogP contribution in [0, 0.1) is 13.8 Å². The van der Waals surface area contributed by atoms with Gasteiger partial charge in [-0.25, -0.2) is 0 Å². The van der Waals surface area contributed by atoms with Crippen molar-refractivity contribution >= 4 is 17.6 Å². The number of amides is 1. The lowest BCUT2D eigenvalue weighted by Crippen LogP contribution is -2.15. The van der Waals surface area contributed by atoms with Gasteiger partial charge in [0.15, 0.2) is 0 Å². The molecule has 0 saturated carbocycles. The molecule has 0 aliphatic rings. The lowest BCUT2D eigenvalue weighted by Gasteiger charge is -2.10. The van der Waals surface area contributed by atoms with E-state index in [-0.39, 0.29) is 11.7 Å². The Kier molecular flexibility index (Phi) is 4.38. The van der Waals surface area contributed by atoms with E-state index in [4.69, 9.17) is 4.74 Å². The average Bonchev–Trinajstić information content (AvgIpc) is 2.37. The summed E-state index contributed by atoms with van der Waals surface area (Å²) in [5.41, 5.74) is 3.18. The molecular weight excluding hydrogens is 266 g/mol. The molecule has 0 aliphatic carbocycles. The van der Waals surface area contributed by atoms with Crippen molar-refractivity contribution in [2.45, 2.75) is 20.8 Å². The van der Waals surface area contributed by atoms with Crippen LogP contribution in [0.5, 0.6) is 5.75 Å². The molecule has 0 aromatic heterocycles. The highest BCUT2D eigenvalue weighted by Crippen LogP contribution is 2.21. The molecule has 0 saturated heterocycles. The third-order valence-corrected chi connectivity index (χ3v) is 2.86. The summed E-state index contributed by atoms with van der Waals surface area (Å²) in [7, 11) is 0. The second-order valence-electron chi connectivity index (χ2n) is 4.92. The number of ether oxygens (including phenoxy) is 1. The zero-order valence-corrected chi connectivity index (χ0v) is 12.3. The number of anilines is 1. The van der Waals surface area contributed by atoms with Crippen molar-refractivity contribution in [1.82, 2.24) is 0 Å². The zero-order valence-electron chi connectivity index (χ0n) is 12.3. The molecule has 0 heterocycles. The maximum atomic E-state index is 12.3. The first kappa shape index (κ1) is 14.8. The molecule has 1 amide bonds. The van der Waals surface area contributed by atoms with Gasteiger partial charge in [0.1, 0.15) is 5.75 Å². The van der Waals surface area contributed by atoms with Crippen LogP contribution in [-0.2, 0) is 4.79 Å². The lowest BCUT2D eigenvalue weighted by molar-refractivity contribution is -0.131. The Labute approximate surface area is 123 Å². The summed E-state index contributed by atoms with van der Waals surface area (Å²) in [6, 6.07) is 12.5. The van der Waals surface area contributed by atoms with Crippen molar-refractivity contribution in [3.8, 4) is 5.75 Å². The second kappa shape index (κ2) is 6.22. The summed E-state index contributed by atoms with van der Waals surface area (Å²) in [4.78, 5) is 23.4. The van der Waals surface area contributed by atoms with Crippen LogP contribution in [0.2, 0.25) is 0 Å². The summed E-state index contributed by atoms with van der Waals surface area (Å²) >= 11 is 0. The summed E-state index contributed by atoms with van der Waals surface area (Å²) in [5, 5.41) is 2.82. The topological polar surface area (TPSA) is 55.4 Å². The first-order chi connectivity index (χ1) is 9.95. The molecule has 0 unspecified atom stereocenters. The first-order valence-electron chi connectivity index (χ1n) is 6.63. The third-order valence-electron chi connectivity index (χ3n) is 2.86. The van der Waals surface area contributed by atoms with Crippen LogP contribution in [0.15, 0.2) is 42.5 Å². The van der Waals surface area contributed by atoms with Gasteiger partial charge in [0, 0.05) is 12.6 Å². The van der Waals surface area contributed by atoms with Crippen molar-refractivity contribution in [2.75, 3.05) is 5.32 Å². The molecule has 0 bridgehead atoms. The monoisotopic (exact) mass is 283 g/mol. The van der Waals surface area contributed by atoms with Crippen LogP contribution in [-0.4, -0.2) is 11.9 Å². The minimum atomic E-state index is -0.457. The van der Waals surface area contributed by atoms with E-state index in [0.717, 1.165) is 16.8 Å². The van der Waals surface area contributed by atoms with E-state index in [0.29, 0.717) is 5.56 Å². The molecule has 0 aliphatic heterocycles. The lowest BCUT2D eigenvalue weighted by atomic mass is 10.1. The molecule has 0 radical (unpaired) electrons. The fraction of sp³-hybridized carbons (Fsp3) is 0.176. The summed E-state index contributed by atoms with van der Waals surface area (Å²) in [6.07, 6.45) is 0. The normalized spacial score (nSPS) is 10.0. The van der Waals surface area contributed by atoms with Gasteiger partial charge in [-0.3, -0.25) is 9.59 Å². The van der Waals surface area contributed by atoms with Gasteiger partial charge in [-0.2, -0.15) is 0 Å². The molecule has 0 atom stereocenters. The Bertz CT molecular complexity index is 672. The van der Waals surface area contributed by atoms with Gasteiger partial charge in [-0.1, -0.05) is 18.2 Å². The van der Waals surface area contributed by atoms with E-state index in [1.54, 1.807) is 24.3 Å². The average molecular weight is 283 g/mol. The molecule has 21 heavy (non-hydrogen) atoms. The summed E-state index contributed by atoms with van der Waals surface area (Å²) < 4.78 is 5.05. The summed E-state index contributed by atoms with van der Waals surface area (Å²) in [5.74, 6) is -0.509. The molecule has 0 fully saturated rings. The minimum Gasteiger partial charge on any atom is -0.426 e. The predicted molar refractivity (Wildman–Crippen MR) is 81.6 cm³/mol. The smallest absolute Gasteiger partial charge is 0.308 e. The zero-order chi connectivity index (χ0) is 15.4. The van der Waals surface area contributed by atoms with Gasteiger partial charge in [0.25, 0.3) is 5.91 Å². The van der Waals surface area contributed by atoms with Crippen LogP contribution < -0.4 is 10.1 Å². The quantitative estimate of drug-likeness (QED) is 0.693. The van der Waals surface area contributed by atoms with Gasteiger partial charge in [0.05, 0.1) is 5.56 Å². The molecule has 0 spiro atoms. The Morgan fingerprint density at radius 3 is 2.24 bits per heavy atom. The maximum absolute atomic E-state index is 12.3. The van der Waals surface area contributed by atoms with Crippen LogP contribution >= 0.6 is 0 Å². The Hall–Kier alpha value is -2.62. The van der Waals surface area contributed by atoms with Crippen LogP contribution in [0.1, 0.15) is 28.4 Å². The third kappa shape index (κ3) is 3.92. The molecule has 2 aromatic carbocycles. The maximum Gasteiger partial charge on any atom is 0.308 e. The predicted octanol–water partition coefficient (Wildman–Crippen LogP) is 3.48. The minimum absolute atomic E-state index is 0.256. The number of carbonyl (C=O) groups is 2. The van der Waals surface area contributed by atoms with Gasteiger partial charge >= 0.3 is 5.97 Å². The molecule has 4 nitrogen and oxygen atoms in total. The number of hydrogen-bond donors (Lipinski definition) is 1. The van der Waals surface area contributed by atoms with Crippen molar-refractivity contribution < 1.29 is 14.3 Å². The van der Waals surface area contributed by atoms with Gasteiger partial charge in [-0.05, 0) is 49.2 Å². The largest absolute Gasteiger partial charge is 0.426 e. The number of para-hydroxylation sites is 1. The van der Waals surface area contributed by atoms with Crippen LogP contribution in [0.3, 0.4) is 0 Å². The number of benzene rings is 2. The van der Waals surface area contributed by atoms with Gasteiger partial charge in [0.2, 0.25) is 0 Å². The standard InChI is InChI=1S/C17H17NO3/c1-11-8-12(2)10-14(9-11)18-17(20)15-6-4-5-7-16(15)21-13(3)19/h4-10H,1-3H3,(H,18,20). The van der Waals surface area contributed by atoms with E-state index in [1.165, 1.54) is 6.92 Å². The highest BCUT2D eigenvalue weighted by Gasteiger charge is 2.13. The fourth-order valence-electron chi connectivity index (χ4n) is 2.14. The van der Waals surface area contributed by atoms with Crippen LogP contribution in [0.25, 0.3) is 0 Å². The van der Waals surface area contributed by atoms with E-state index < -0.39 is 5.97 Å². The molecule has 1 N–H and O–H groups in total. The number of nitrogens with one attached hydrogen (secondary N) is 1. The van der Waals surface area contributed by atoms with Crippen molar-refractivity contribution in [1.29, 1.82) is 0 Å². The van der Waals surface area contributed by atoms with Crippen molar-refractivity contribution in [3.05, 3.63) is 59.2 Å². The summed E-state index contributed by atoms with van der Waals surface area (Å²) in [6.45, 7) is 5.24. The highest BCUT2D eigenvalue weighted by atomic mass is 16.5. The number of carbonyl (C=O) groups excluding carboxylic acids is 2. The Balaban J connectivity index is 2.26. The van der Waals surface area contributed by atoms with Crippen LogP contribution in [0.4, 0.5) is 5.69 Å². The van der Waals surface area contributed by atoms with E-state index >= 15 is 0 Å². The van der Waals surface area contributed by atoms with E-state index in [9.17, 15) is 9.59 Å². The van der Waals surface area contributed by atoms with Crippen molar-refractivity contribution in [2.24, 2.45) is 0 Å². The van der Waals surface area contributed by atoms with E-state index in [2.05, 4.69) is 5.32 Å². The fourth-order valence-corrected chi connectivity index (χ4v) is 2.14. The van der Waals surface area contributed by atoms with Crippen molar-refractivity contribution in [3.63, 3.8) is 0 Å². The number of aryl methyl sites for hydroxylation is 2. The molecule has 4 heteroatoms. The van der Waals surface area contributed by atoms with Gasteiger partial charge in [-0.15, -0.1) is 0 Å². The SMILES string of the molecule is CC(=O)Oc1ccccc1C(=O)Nc1cc(C)cc(C)c1. The molecule has 2 aromatic rings. The number of hydrogen-bond acceptors (Lipinski definition) is 3. The Morgan fingerprint density at radius 2 is 1.62 bits per heavy atom. The van der Waals surface area contributed by atoms with Gasteiger partial charge < -0.3 is 10.1 Å². The molecule has 108 valence electrons. The Morgan fingerprint density at radius 1 is 1.00 bits per heavy atom. The highest BCUT2D eigenvalue weighted by molar-refractivity contribution is 6.06. The molecule has 2 rings (SSSR count). The number of rotatable bonds is 3. The second-order valence-corrected chi connectivity index (χ2v) is 4.92. The van der Waals surface area contributed by atoms with E-state index in [1.807, 2.05) is 32.0 Å². The first-order valence-corrected chi connectivity index (χ1v) is 6.63.